The number of rotatable bonds is 2. The average molecular weight is 297 g/mol. The molecule has 0 aliphatic carbocycles. The Kier molecular flexibility index (Phi) is 2.96. The largest absolute Gasteiger partial charge is 0.480 e. The number of carboxylic acid groups (broad SMARTS) is 1. The van der Waals surface area contributed by atoms with E-state index < -0.39 is 12.0 Å². The first-order valence-corrected chi connectivity index (χ1v) is 7.37. The van der Waals surface area contributed by atoms with Gasteiger partial charge in [0.1, 0.15) is 23.5 Å². The molecule has 1 N–H and O–H groups in total. The molecule has 6 nitrogen and oxygen atoms in total. The van der Waals surface area contributed by atoms with Crippen molar-refractivity contribution in [3.8, 4) is 0 Å². The molecule has 22 heavy (non-hydrogen) atoms. The number of hydrogen-bond donors (Lipinski definition) is 1. The standard InChI is InChI=1S/C16H15N3O3/c20-16(21)11-6-3-4-8-19(11)15-14-13(17-9-18-15)10-5-1-2-7-12(10)22-14/h1-2,5,7,9,11H,3-4,6,8H2,(H,20,21)/t11-/m1/s1. The fourth-order valence-corrected chi connectivity index (χ4v) is 3.16. The van der Waals surface area contributed by atoms with E-state index in [1.54, 1.807) is 0 Å². The van der Waals surface area contributed by atoms with Crippen LogP contribution in [0.15, 0.2) is 35.0 Å². The number of benzene rings is 1. The highest BCUT2D eigenvalue weighted by atomic mass is 16.4. The van der Waals surface area contributed by atoms with Crippen LogP contribution in [0, 0.1) is 0 Å². The molecule has 1 aromatic carbocycles. The third-order valence-electron chi connectivity index (χ3n) is 4.20. The van der Waals surface area contributed by atoms with Crippen LogP contribution in [0.3, 0.4) is 0 Å². The summed E-state index contributed by atoms with van der Waals surface area (Å²) in [6.45, 7) is 0.667. The number of hydrogen-bond acceptors (Lipinski definition) is 5. The Morgan fingerprint density at radius 3 is 3.00 bits per heavy atom. The highest BCUT2D eigenvalue weighted by Crippen LogP contribution is 2.34. The molecule has 0 unspecified atom stereocenters. The SMILES string of the molecule is O=C(O)[C@H]1CCCCN1c1ncnc2c1oc1ccccc12. The molecule has 4 rings (SSSR count). The van der Waals surface area contributed by atoms with Gasteiger partial charge in [-0.3, -0.25) is 0 Å². The van der Waals surface area contributed by atoms with Crippen molar-refractivity contribution in [2.75, 3.05) is 11.4 Å². The van der Waals surface area contributed by atoms with E-state index in [1.807, 2.05) is 29.2 Å². The summed E-state index contributed by atoms with van der Waals surface area (Å²) in [5, 5.41) is 10.4. The number of carbonyl (C=O) groups is 1. The Morgan fingerprint density at radius 1 is 1.27 bits per heavy atom. The zero-order chi connectivity index (χ0) is 15.1. The quantitative estimate of drug-likeness (QED) is 0.783. The van der Waals surface area contributed by atoms with Gasteiger partial charge in [-0.15, -0.1) is 0 Å². The molecule has 1 fully saturated rings. The van der Waals surface area contributed by atoms with Gasteiger partial charge in [0.2, 0.25) is 0 Å². The Bertz CT molecular complexity index is 858. The van der Waals surface area contributed by atoms with Crippen LogP contribution in [-0.2, 0) is 4.79 Å². The van der Waals surface area contributed by atoms with Gasteiger partial charge < -0.3 is 14.4 Å². The topological polar surface area (TPSA) is 79.5 Å². The molecule has 0 spiro atoms. The molecule has 112 valence electrons. The van der Waals surface area contributed by atoms with Crippen LogP contribution in [0.1, 0.15) is 19.3 Å². The molecule has 3 aromatic rings. The van der Waals surface area contributed by atoms with Crippen LogP contribution in [-0.4, -0.2) is 33.6 Å². The first-order chi connectivity index (χ1) is 10.8. The zero-order valence-corrected chi connectivity index (χ0v) is 11.9. The summed E-state index contributed by atoms with van der Waals surface area (Å²) < 4.78 is 5.91. The number of carboxylic acids is 1. The van der Waals surface area contributed by atoms with Crippen LogP contribution in [0.25, 0.3) is 22.1 Å². The van der Waals surface area contributed by atoms with Crippen molar-refractivity contribution in [3.05, 3.63) is 30.6 Å². The zero-order valence-electron chi connectivity index (χ0n) is 11.9. The summed E-state index contributed by atoms with van der Waals surface area (Å²) in [6.07, 6.45) is 3.98. The summed E-state index contributed by atoms with van der Waals surface area (Å²) in [4.78, 5) is 22.0. The number of anilines is 1. The van der Waals surface area contributed by atoms with Crippen LogP contribution in [0.4, 0.5) is 5.82 Å². The molecule has 2 aromatic heterocycles. The summed E-state index contributed by atoms with van der Waals surface area (Å²) >= 11 is 0. The maximum absolute atomic E-state index is 11.5. The van der Waals surface area contributed by atoms with Crippen LogP contribution in [0.2, 0.25) is 0 Å². The van der Waals surface area contributed by atoms with E-state index in [4.69, 9.17) is 4.42 Å². The van der Waals surface area contributed by atoms with Crippen molar-refractivity contribution in [3.63, 3.8) is 0 Å². The number of para-hydroxylation sites is 1. The second kappa shape index (κ2) is 4.98. The maximum Gasteiger partial charge on any atom is 0.326 e. The van der Waals surface area contributed by atoms with Crippen LogP contribution in [0.5, 0.6) is 0 Å². The second-order valence-corrected chi connectivity index (χ2v) is 5.52. The summed E-state index contributed by atoms with van der Waals surface area (Å²) in [7, 11) is 0. The summed E-state index contributed by atoms with van der Waals surface area (Å²) in [5.41, 5.74) is 2.04. The minimum Gasteiger partial charge on any atom is -0.480 e. The number of aromatic nitrogens is 2. The van der Waals surface area contributed by atoms with Crippen molar-refractivity contribution in [2.45, 2.75) is 25.3 Å². The minimum atomic E-state index is -0.817. The number of nitrogens with zero attached hydrogens (tertiary/aromatic N) is 3. The van der Waals surface area contributed by atoms with Crippen molar-refractivity contribution >= 4 is 33.9 Å². The molecule has 1 aliphatic heterocycles. The first-order valence-electron chi connectivity index (χ1n) is 7.37. The van der Waals surface area contributed by atoms with Crippen molar-refractivity contribution in [1.29, 1.82) is 0 Å². The third kappa shape index (κ3) is 1.91. The molecule has 0 saturated carbocycles. The lowest BCUT2D eigenvalue weighted by atomic mass is 10.0. The van der Waals surface area contributed by atoms with Crippen molar-refractivity contribution in [1.82, 2.24) is 9.97 Å². The Labute approximate surface area is 126 Å². The lowest BCUT2D eigenvalue weighted by molar-refractivity contribution is -0.139. The van der Waals surface area contributed by atoms with Gasteiger partial charge in [0.25, 0.3) is 0 Å². The highest BCUT2D eigenvalue weighted by molar-refractivity contribution is 6.05. The first kappa shape index (κ1) is 13.1. The molecule has 1 atom stereocenters. The van der Waals surface area contributed by atoms with Crippen LogP contribution < -0.4 is 4.90 Å². The van der Waals surface area contributed by atoms with Gasteiger partial charge in [-0.25, -0.2) is 14.8 Å². The minimum absolute atomic E-state index is 0.555. The van der Waals surface area contributed by atoms with Gasteiger partial charge >= 0.3 is 5.97 Å². The van der Waals surface area contributed by atoms with Crippen LogP contribution >= 0.6 is 0 Å². The molecular formula is C16H15N3O3. The maximum atomic E-state index is 11.5. The molecule has 0 radical (unpaired) electrons. The fourth-order valence-electron chi connectivity index (χ4n) is 3.16. The smallest absolute Gasteiger partial charge is 0.326 e. The van der Waals surface area contributed by atoms with Gasteiger partial charge in [0.05, 0.1) is 0 Å². The van der Waals surface area contributed by atoms with Gasteiger partial charge in [0.15, 0.2) is 11.4 Å². The van der Waals surface area contributed by atoms with E-state index in [-0.39, 0.29) is 0 Å². The third-order valence-corrected chi connectivity index (χ3v) is 4.20. The number of fused-ring (bicyclic) bond motifs is 3. The van der Waals surface area contributed by atoms with E-state index in [2.05, 4.69) is 9.97 Å². The van der Waals surface area contributed by atoms with Gasteiger partial charge in [-0.05, 0) is 31.4 Å². The lowest BCUT2D eigenvalue weighted by Gasteiger charge is -2.33. The van der Waals surface area contributed by atoms with E-state index >= 15 is 0 Å². The van der Waals surface area contributed by atoms with Gasteiger partial charge in [0, 0.05) is 11.9 Å². The predicted molar refractivity (Wildman–Crippen MR) is 81.9 cm³/mol. The lowest BCUT2D eigenvalue weighted by Crippen LogP contribution is -2.45. The second-order valence-electron chi connectivity index (χ2n) is 5.52. The van der Waals surface area contributed by atoms with Gasteiger partial charge in [-0.1, -0.05) is 12.1 Å². The van der Waals surface area contributed by atoms with E-state index in [9.17, 15) is 9.90 Å². The molecular weight excluding hydrogens is 282 g/mol. The molecule has 6 heteroatoms. The highest BCUT2D eigenvalue weighted by Gasteiger charge is 2.31. The Hall–Kier alpha value is -2.63. The molecule has 1 saturated heterocycles. The van der Waals surface area contributed by atoms with Crippen molar-refractivity contribution in [2.24, 2.45) is 0 Å². The van der Waals surface area contributed by atoms with Gasteiger partial charge in [-0.2, -0.15) is 0 Å². The van der Waals surface area contributed by atoms with E-state index in [1.165, 1.54) is 6.33 Å². The Morgan fingerprint density at radius 2 is 2.14 bits per heavy atom. The average Bonchev–Trinajstić information content (AvgIpc) is 2.93. The monoisotopic (exact) mass is 297 g/mol. The van der Waals surface area contributed by atoms with E-state index in [0.717, 1.165) is 29.3 Å². The van der Waals surface area contributed by atoms with Crippen molar-refractivity contribution < 1.29 is 14.3 Å². The number of furan rings is 1. The van der Waals surface area contributed by atoms with E-state index in [0.29, 0.717) is 24.4 Å². The summed E-state index contributed by atoms with van der Waals surface area (Å²) in [5.74, 6) is -0.240. The molecule has 0 bridgehead atoms. The number of aliphatic carboxylic acids is 1. The Balaban J connectivity index is 1.92. The molecule has 0 amide bonds. The molecule has 3 heterocycles. The summed E-state index contributed by atoms with van der Waals surface area (Å²) in [6, 6.07) is 7.10. The predicted octanol–water partition coefficient (Wildman–Crippen LogP) is 2.82. The number of piperidine rings is 1. The normalized spacial score (nSPS) is 18.9. The fraction of sp³-hybridized carbons (Fsp3) is 0.312. The molecule has 1 aliphatic rings.